The van der Waals surface area contributed by atoms with Crippen molar-refractivity contribution < 1.29 is 9.53 Å². The molecule has 0 saturated carbocycles. The molecule has 0 aliphatic carbocycles. The first-order valence-corrected chi connectivity index (χ1v) is 9.33. The molecule has 2 aromatic heterocycles. The monoisotopic (exact) mass is 395 g/mol. The summed E-state index contributed by atoms with van der Waals surface area (Å²) in [4.78, 5) is 25.1. The topological polar surface area (TPSA) is 91.0 Å². The number of nitrogens with zero attached hydrogens (tertiary/aromatic N) is 4. The zero-order chi connectivity index (χ0) is 21.1. The maximum Gasteiger partial charge on any atom is 0.267 e. The molecule has 8 heteroatoms. The summed E-state index contributed by atoms with van der Waals surface area (Å²) in [6.07, 6.45) is 0. The van der Waals surface area contributed by atoms with Crippen molar-refractivity contribution in [1.82, 2.24) is 24.9 Å². The Kier molecular flexibility index (Phi) is 5.81. The molecule has 1 amide bonds. The fraction of sp³-hybridized carbons (Fsp3) is 0.333. The molecule has 0 unspecified atom stereocenters. The van der Waals surface area contributed by atoms with Gasteiger partial charge in [0.05, 0.1) is 18.5 Å². The molecule has 3 aromatic rings. The lowest BCUT2D eigenvalue weighted by Gasteiger charge is -2.16. The highest BCUT2D eigenvalue weighted by atomic mass is 16.5. The Morgan fingerprint density at radius 3 is 2.55 bits per heavy atom. The predicted octanol–water partition coefficient (Wildman–Crippen LogP) is 2.15. The van der Waals surface area contributed by atoms with E-state index in [1.807, 2.05) is 45.2 Å². The highest BCUT2D eigenvalue weighted by molar-refractivity contribution is 5.79. The molecule has 0 aliphatic rings. The van der Waals surface area contributed by atoms with Crippen LogP contribution in [-0.4, -0.2) is 32.6 Å². The molecule has 0 bridgehead atoms. The van der Waals surface area contributed by atoms with Crippen LogP contribution in [0.3, 0.4) is 0 Å². The SMILES string of the molecule is COc1ccccc1CNC(=O)[C@H](C)n1nc(-c2c(C)nn(C)c2C)ccc1=O. The van der Waals surface area contributed by atoms with Crippen molar-refractivity contribution in [1.29, 1.82) is 0 Å². The number of hydrogen-bond acceptors (Lipinski definition) is 5. The average Bonchev–Trinajstić information content (AvgIpc) is 2.97. The van der Waals surface area contributed by atoms with Gasteiger partial charge in [0, 0.05) is 36.5 Å². The summed E-state index contributed by atoms with van der Waals surface area (Å²) in [5.41, 5.74) is 3.74. The van der Waals surface area contributed by atoms with E-state index in [1.165, 1.54) is 10.7 Å². The minimum absolute atomic E-state index is 0.294. The predicted molar refractivity (Wildman–Crippen MR) is 110 cm³/mol. The number of benzene rings is 1. The molecule has 3 rings (SSSR count). The van der Waals surface area contributed by atoms with Crippen LogP contribution in [0.15, 0.2) is 41.2 Å². The minimum Gasteiger partial charge on any atom is -0.496 e. The van der Waals surface area contributed by atoms with Gasteiger partial charge < -0.3 is 10.1 Å². The smallest absolute Gasteiger partial charge is 0.267 e. The number of amides is 1. The van der Waals surface area contributed by atoms with E-state index in [4.69, 9.17) is 4.74 Å². The van der Waals surface area contributed by atoms with Gasteiger partial charge in [-0.2, -0.15) is 10.2 Å². The van der Waals surface area contributed by atoms with Crippen LogP contribution >= 0.6 is 0 Å². The molecular weight excluding hydrogens is 370 g/mol. The number of aryl methyl sites for hydroxylation is 2. The standard InChI is InChI=1S/C21H25N5O3/c1-13-20(14(2)25(4)23-13)17-10-11-19(27)26(24-17)15(3)21(28)22-12-16-8-6-7-9-18(16)29-5/h6-11,15H,12H2,1-5H3,(H,22,28)/t15-/m0/s1. The van der Waals surface area contributed by atoms with Crippen LogP contribution in [0.5, 0.6) is 5.75 Å². The number of hydrogen-bond donors (Lipinski definition) is 1. The number of nitrogens with one attached hydrogen (secondary N) is 1. The Balaban J connectivity index is 1.84. The summed E-state index contributed by atoms with van der Waals surface area (Å²) in [5.74, 6) is 0.391. The highest BCUT2D eigenvalue weighted by Crippen LogP contribution is 2.24. The summed E-state index contributed by atoms with van der Waals surface area (Å²) in [7, 11) is 3.44. The molecule has 0 radical (unpaired) electrons. The van der Waals surface area contributed by atoms with E-state index in [9.17, 15) is 9.59 Å². The van der Waals surface area contributed by atoms with Gasteiger partial charge in [-0.05, 0) is 32.9 Å². The van der Waals surface area contributed by atoms with E-state index in [-0.39, 0.29) is 11.5 Å². The lowest BCUT2D eigenvalue weighted by atomic mass is 10.1. The Morgan fingerprint density at radius 2 is 1.90 bits per heavy atom. The quantitative estimate of drug-likeness (QED) is 0.691. The molecule has 29 heavy (non-hydrogen) atoms. The van der Waals surface area contributed by atoms with Crippen LogP contribution in [0.4, 0.5) is 0 Å². The molecular formula is C21H25N5O3. The highest BCUT2D eigenvalue weighted by Gasteiger charge is 2.20. The third-order valence-electron chi connectivity index (χ3n) is 4.98. The van der Waals surface area contributed by atoms with Crippen molar-refractivity contribution in [2.24, 2.45) is 7.05 Å². The first-order valence-electron chi connectivity index (χ1n) is 9.33. The third-order valence-corrected chi connectivity index (χ3v) is 4.98. The molecule has 1 atom stereocenters. The fourth-order valence-corrected chi connectivity index (χ4v) is 3.27. The zero-order valence-electron chi connectivity index (χ0n) is 17.3. The normalized spacial score (nSPS) is 11.9. The van der Waals surface area contributed by atoms with E-state index in [0.717, 1.165) is 22.5 Å². The summed E-state index contributed by atoms with van der Waals surface area (Å²) >= 11 is 0. The van der Waals surface area contributed by atoms with Crippen LogP contribution < -0.4 is 15.6 Å². The Morgan fingerprint density at radius 1 is 1.17 bits per heavy atom. The van der Waals surface area contributed by atoms with E-state index >= 15 is 0 Å². The maximum atomic E-state index is 12.7. The number of ether oxygens (including phenoxy) is 1. The minimum atomic E-state index is -0.769. The second-order valence-electron chi connectivity index (χ2n) is 6.88. The Bertz CT molecular complexity index is 1100. The van der Waals surface area contributed by atoms with Gasteiger partial charge in [0.25, 0.3) is 5.56 Å². The van der Waals surface area contributed by atoms with Gasteiger partial charge >= 0.3 is 0 Å². The summed E-state index contributed by atoms with van der Waals surface area (Å²) in [6, 6.07) is 9.77. The van der Waals surface area contributed by atoms with Gasteiger partial charge in [-0.1, -0.05) is 18.2 Å². The maximum absolute atomic E-state index is 12.7. The average molecular weight is 395 g/mol. The lowest BCUT2D eigenvalue weighted by molar-refractivity contribution is -0.124. The molecule has 0 aliphatic heterocycles. The second kappa shape index (κ2) is 8.30. The number of rotatable bonds is 6. The van der Waals surface area contributed by atoms with Crippen molar-refractivity contribution in [2.75, 3.05) is 7.11 Å². The van der Waals surface area contributed by atoms with Gasteiger partial charge in [0.2, 0.25) is 5.91 Å². The number of para-hydroxylation sites is 1. The van der Waals surface area contributed by atoms with E-state index < -0.39 is 6.04 Å². The molecule has 0 spiro atoms. The molecule has 8 nitrogen and oxygen atoms in total. The van der Waals surface area contributed by atoms with Crippen LogP contribution in [0.2, 0.25) is 0 Å². The van der Waals surface area contributed by atoms with Crippen molar-refractivity contribution in [2.45, 2.75) is 33.4 Å². The Hall–Kier alpha value is -3.42. The van der Waals surface area contributed by atoms with Crippen LogP contribution in [-0.2, 0) is 18.4 Å². The van der Waals surface area contributed by atoms with Crippen molar-refractivity contribution in [3.05, 3.63) is 63.7 Å². The zero-order valence-corrected chi connectivity index (χ0v) is 17.3. The first kappa shape index (κ1) is 20.3. The Labute approximate surface area is 169 Å². The van der Waals surface area contributed by atoms with Gasteiger partial charge in [0.15, 0.2) is 0 Å². The molecule has 1 N–H and O–H groups in total. The van der Waals surface area contributed by atoms with Gasteiger partial charge in [-0.25, -0.2) is 4.68 Å². The molecule has 1 aromatic carbocycles. The van der Waals surface area contributed by atoms with Crippen LogP contribution in [0.25, 0.3) is 11.3 Å². The fourth-order valence-electron chi connectivity index (χ4n) is 3.27. The number of carbonyl (C=O) groups is 1. The van der Waals surface area contributed by atoms with E-state index in [2.05, 4.69) is 15.5 Å². The first-order chi connectivity index (χ1) is 13.8. The molecule has 0 fully saturated rings. The van der Waals surface area contributed by atoms with Crippen LogP contribution in [0.1, 0.15) is 29.9 Å². The van der Waals surface area contributed by atoms with Crippen LogP contribution in [0, 0.1) is 13.8 Å². The summed E-state index contributed by atoms with van der Waals surface area (Å²) in [5, 5.41) is 11.7. The second-order valence-corrected chi connectivity index (χ2v) is 6.88. The number of aromatic nitrogens is 4. The molecule has 0 saturated heterocycles. The van der Waals surface area contributed by atoms with Crippen molar-refractivity contribution in [3.63, 3.8) is 0 Å². The number of methoxy groups -OCH3 is 1. The number of carbonyl (C=O) groups excluding carboxylic acids is 1. The third kappa shape index (κ3) is 4.06. The molecule has 2 heterocycles. The van der Waals surface area contributed by atoms with Gasteiger partial charge in [-0.3, -0.25) is 14.3 Å². The summed E-state index contributed by atoms with van der Waals surface area (Å²) in [6.45, 7) is 5.78. The van der Waals surface area contributed by atoms with Crippen molar-refractivity contribution in [3.8, 4) is 17.0 Å². The van der Waals surface area contributed by atoms with Gasteiger partial charge in [-0.15, -0.1) is 0 Å². The van der Waals surface area contributed by atoms with E-state index in [1.54, 1.807) is 24.8 Å². The largest absolute Gasteiger partial charge is 0.496 e. The van der Waals surface area contributed by atoms with Gasteiger partial charge in [0.1, 0.15) is 11.8 Å². The summed E-state index contributed by atoms with van der Waals surface area (Å²) < 4.78 is 8.28. The van der Waals surface area contributed by atoms with E-state index in [0.29, 0.717) is 18.0 Å². The molecule has 152 valence electrons. The van der Waals surface area contributed by atoms with Crippen molar-refractivity contribution >= 4 is 5.91 Å². The lowest BCUT2D eigenvalue weighted by Crippen LogP contribution is -2.36.